The van der Waals surface area contributed by atoms with E-state index in [0.29, 0.717) is 0 Å². The number of unbranched alkanes of at least 4 members (excludes halogenated alkanes) is 3. The van der Waals surface area contributed by atoms with Crippen molar-refractivity contribution >= 4 is 5.97 Å². The summed E-state index contributed by atoms with van der Waals surface area (Å²) in [7, 11) is 0. The van der Waals surface area contributed by atoms with Crippen LogP contribution >= 0.6 is 0 Å². The van der Waals surface area contributed by atoms with E-state index in [1.54, 1.807) is 6.92 Å². The van der Waals surface area contributed by atoms with Gasteiger partial charge in [-0.2, -0.15) is 0 Å². The Morgan fingerprint density at radius 3 is 2.59 bits per heavy atom. The summed E-state index contributed by atoms with van der Waals surface area (Å²) in [6.45, 7) is 3.95. The Hall–Kier alpha value is -1.31. The minimum atomic E-state index is -0.744. The molecular formula is C15H22O2. The number of aliphatic carboxylic acids is 1. The molecule has 1 atom stereocenters. The lowest BCUT2D eigenvalue weighted by Crippen LogP contribution is -2.10. The quantitative estimate of drug-likeness (QED) is 0.724. The SMILES string of the molecule is CCCCCCc1ccccc1C(C)C(=O)O. The molecule has 0 aliphatic rings. The fraction of sp³-hybridized carbons (Fsp3) is 0.533. The predicted octanol–water partition coefficient (Wildman–Crippen LogP) is 4.00. The number of carboxylic acid groups (broad SMARTS) is 1. The summed E-state index contributed by atoms with van der Waals surface area (Å²) in [4.78, 5) is 11.0. The fourth-order valence-corrected chi connectivity index (χ4v) is 2.06. The van der Waals surface area contributed by atoms with Gasteiger partial charge in [-0.25, -0.2) is 0 Å². The number of benzene rings is 1. The van der Waals surface area contributed by atoms with Gasteiger partial charge in [-0.1, -0.05) is 50.5 Å². The highest BCUT2D eigenvalue weighted by molar-refractivity contribution is 5.76. The van der Waals surface area contributed by atoms with Crippen LogP contribution in [0.2, 0.25) is 0 Å². The molecule has 0 radical (unpaired) electrons. The molecule has 0 aliphatic carbocycles. The van der Waals surface area contributed by atoms with Crippen LogP contribution < -0.4 is 0 Å². The first-order valence-corrected chi connectivity index (χ1v) is 6.47. The third-order valence-corrected chi connectivity index (χ3v) is 3.19. The van der Waals surface area contributed by atoms with E-state index < -0.39 is 11.9 Å². The van der Waals surface area contributed by atoms with Gasteiger partial charge < -0.3 is 5.11 Å². The van der Waals surface area contributed by atoms with E-state index in [9.17, 15) is 4.79 Å². The van der Waals surface area contributed by atoms with Crippen LogP contribution in [0.1, 0.15) is 56.6 Å². The molecule has 0 amide bonds. The van der Waals surface area contributed by atoms with Crippen LogP contribution in [0.5, 0.6) is 0 Å². The van der Waals surface area contributed by atoms with Crippen molar-refractivity contribution in [2.24, 2.45) is 0 Å². The number of aryl methyl sites for hydroxylation is 1. The highest BCUT2D eigenvalue weighted by atomic mass is 16.4. The summed E-state index contributed by atoms with van der Waals surface area (Å²) in [6.07, 6.45) is 5.86. The molecule has 2 heteroatoms. The molecule has 1 unspecified atom stereocenters. The Morgan fingerprint density at radius 1 is 1.24 bits per heavy atom. The van der Waals surface area contributed by atoms with E-state index in [1.165, 1.54) is 24.8 Å². The molecule has 0 spiro atoms. The molecule has 0 aliphatic heterocycles. The molecule has 94 valence electrons. The Balaban J connectivity index is 2.67. The van der Waals surface area contributed by atoms with Gasteiger partial charge in [-0.05, 0) is 30.9 Å². The fourth-order valence-electron chi connectivity index (χ4n) is 2.06. The maximum Gasteiger partial charge on any atom is 0.310 e. The van der Waals surface area contributed by atoms with Crippen molar-refractivity contribution in [1.29, 1.82) is 0 Å². The third kappa shape index (κ3) is 4.22. The van der Waals surface area contributed by atoms with E-state index in [0.717, 1.165) is 18.4 Å². The lowest BCUT2D eigenvalue weighted by Gasteiger charge is -2.12. The normalized spacial score (nSPS) is 12.4. The molecule has 0 fully saturated rings. The van der Waals surface area contributed by atoms with Gasteiger partial charge in [0.1, 0.15) is 0 Å². The molecular weight excluding hydrogens is 212 g/mol. The highest BCUT2D eigenvalue weighted by Crippen LogP contribution is 2.22. The minimum absolute atomic E-state index is 0.405. The maximum absolute atomic E-state index is 11.0. The molecule has 2 nitrogen and oxygen atoms in total. The first-order valence-electron chi connectivity index (χ1n) is 6.47. The van der Waals surface area contributed by atoms with Gasteiger partial charge in [0.05, 0.1) is 5.92 Å². The van der Waals surface area contributed by atoms with Gasteiger partial charge in [-0.3, -0.25) is 4.79 Å². The van der Waals surface area contributed by atoms with Crippen LogP contribution in [-0.4, -0.2) is 11.1 Å². The Labute approximate surface area is 104 Å². The summed E-state index contributed by atoms with van der Waals surface area (Å²) < 4.78 is 0. The van der Waals surface area contributed by atoms with Crippen molar-refractivity contribution < 1.29 is 9.90 Å². The first-order chi connectivity index (χ1) is 8.16. The van der Waals surface area contributed by atoms with Crippen molar-refractivity contribution in [1.82, 2.24) is 0 Å². The van der Waals surface area contributed by atoms with Crippen LogP contribution in [0.25, 0.3) is 0 Å². The first kappa shape index (κ1) is 13.8. The maximum atomic E-state index is 11.0. The van der Waals surface area contributed by atoms with Gasteiger partial charge in [0.15, 0.2) is 0 Å². The van der Waals surface area contributed by atoms with Crippen molar-refractivity contribution in [2.75, 3.05) is 0 Å². The summed E-state index contributed by atoms with van der Waals surface area (Å²) in [5.41, 5.74) is 2.16. The molecule has 0 saturated heterocycles. The average Bonchev–Trinajstić information content (AvgIpc) is 2.34. The van der Waals surface area contributed by atoms with Crippen LogP contribution in [0.15, 0.2) is 24.3 Å². The van der Waals surface area contributed by atoms with Gasteiger partial charge in [0, 0.05) is 0 Å². The van der Waals surface area contributed by atoms with Crippen molar-refractivity contribution in [3.63, 3.8) is 0 Å². The second-order valence-corrected chi connectivity index (χ2v) is 4.57. The van der Waals surface area contributed by atoms with Crippen molar-refractivity contribution in [2.45, 2.75) is 51.9 Å². The topological polar surface area (TPSA) is 37.3 Å². The summed E-state index contributed by atoms with van der Waals surface area (Å²) in [5.74, 6) is -1.15. The summed E-state index contributed by atoms with van der Waals surface area (Å²) in [5, 5.41) is 9.07. The zero-order valence-corrected chi connectivity index (χ0v) is 10.8. The van der Waals surface area contributed by atoms with Gasteiger partial charge in [0.2, 0.25) is 0 Å². The molecule has 1 aromatic carbocycles. The largest absolute Gasteiger partial charge is 0.481 e. The lowest BCUT2D eigenvalue weighted by atomic mass is 9.93. The average molecular weight is 234 g/mol. The molecule has 1 aromatic rings. The van der Waals surface area contributed by atoms with E-state index in [-0.39, 0.29) is 0 Å². The molecule has 0 aromatic heterocycles. The number of hydrogen-bond acceptors (Lipinski definition) is 1. The van der Waals surface area contributed by atoms with E-state index >= 15 is 0 Å². The van der Waals surface area contributed by atoms with Crippen LogP contribution in [0.4, 0.5) is 0 Å². The Kier molecular flexibility index (Phi) is 5.75. The van der Waals surface area contributed by atoms with Gasteiger partial charge >= 0.3 is 5.97 Å². The molecule has 17 heavy (non-hydrogen) atoms. The van der Waals surface area contributed by atoms with Gasteiger partial charge in [0.25, 0.3) is 0 Å². The standard InChI is InChI=1S/C15H22O2/c1-3-4-5-6-9-13-10-7-8-11-14(13)12(2)15(16)17/h7-8,10-12H,3-6,9H2,1-2H3,(H,16,17). The molecule has 0 heterocycles. The van der Waals surface area contributed by atoms with Crippen LogP contribution in [0.3, 0.4) is 0 Å². The predicted molar refractivity (Wildman–Crippen MR) is 70.3 cm³/mol. The second-order valence-electron chi connectivity index (χ2n) is 4.57. The summed E-state index contributed by atoms with van der Waals surface area (Å²) in [6, 6.07) is 7.91. The monoisotopic (exact) mass is 234 g/mol. The molecule has 1 rings (SSSR count). The number of rotatable bonds is 7. The number of carboxylic acids is 1. The van der Waals surface area contributed by atoms with Crippen molar-refractivity contribution in [3.8, 4) is 0 Å². The summed E-state index contributed by atoms with van der Waals surface area (Å²) >= 11 is 0. The molecule has 1 N–H and O–H groups in total. The minimum Gasteiger partial charge on any atom is -0.481 e. The van der Waals surface area contributed by atoms with Crippen LogP contribution in [-0.2, 0) is 11.2 Å². The van der Waals surface area contributed by atoms with Crippen molar-refractivity contribution in [3.05, 3.63) is 35.4 Å². The van der Waals surface area contributed by atoms with E-state index in [1.807, 2.05) is 18.2 Å². The Bertz CT molecular complexity index is 358. The van der Waals surface area contributed by atoms with E-state index in [4.69, 9.17) is 5.11 Å². The van der Waals surface area contributed by atoms with Gasteiger partial charge in [-0.15, -0.1) is 0 Å². The molecule has 0 saturated carbocycles. The smallest absolute Gasteiger partial charge is 0.310 e. The molecule has 0 bridgehead atoms. The van der Waals surface area contributed by atoms with Crippen LogP contribution in [0, 0.1) is 0 Å². The number of hydrogen-bond donors (Lipinski definition) is 1. The highest BCUT2D eigenvalue weighted by Gasteiger charge is 2.16. The Morgan fingerprint density at radius 2 is 1.94 bits per heavy atom. The number of carbonyl (C=O) groups is 1. The zero-order valence-electron chi connectivity index (χ0n) is 10.8. The lowest BCUT2D eigenvalue weighted by molar-refractivity contribution is -0.138. The second kappa shape index (κ2) is 7.10. The third-order valence-electron chi connectivity index (χ3n) is 3.19. The zero-order chi connectivity index (χ0) is 12.7. The van der Waals surface area contributed by atoms with E-state index in [2.05, 4.69) is 13.0 Å².